The normalized spacial score (nSPS) is 16.1. The Hall–Kier alpha value is -1.32. The lowest BCUT2D eigenvalue weighted by Crippen LogP contribution is -2.74. The van der Waals surface area contributed by atoms with Crippen LogP contribution in [0.2, 0.25) is 0 Å². The van der Waals surface area contributed by atoms with Gasteiger partial charge in [0.1, 0.15) is 0 Å². The molecule has 32 heavy (non-hydrogen) atoms. The summed E-state index contributed by atoms with van der Waals surface area (Å²) in [6.45, 7) is 0. The van der Waals surface area contributed by atoms with Crippen molar-refractivity contribution in [3.05, 3.63) is 0 Å². The summed E-state index contributed by atoms with van der Waals surface area (Å²) >= 11 is 0. The summed E-state index contributed by atoms with van der Waals surface area (Å²) in [5.41, 5.74) is 0. The van der Waals surface area contributed by atoms with Gasteiger partial charge in [0.25, 0.3) is 10.1 Å². The van der Waals surface area contributed by atoms with Crippen molar-refractivity contribution < 1.29 is 87.6 Å². The van der Waals surface area contributed by atoms with E-state index in [1.54, 1.807) is 0 Å². The second kappa shape index (κ2) is 8.17. The molecule has 0 saturated carbocycles. The van der Waals surface area contributed by atoms with Crippen molar-refractivity contribution in [3.8, 4) is 0 Å². The third-order valence-corrected chi connectivity index (χ3v) is 4.18. The molecule has 22 heteroatoms. The van der Waals surface area contributed by atoms with Gasteiger partial charge in [0, 0.05) is 6.42 Å². The molecule has 4 nitrogen and oxygen atoms in total. The Morgan fingerprint density at radius 3 is 1.00 bits per heavy atom. The Morgan fingerprint density at radius 1 is 0.500 bits per heavy atom. The largest absolute Gasteiger partial charge is 0.460 e. The average molecular weight is 545 g/mol. The van der Waals surface area contributed by atoms with Gasteiger partial charge in [0.05, 0.1) is 5.75 Å². The highest BCUT2D eigenvalue weighted by Gasteiger charge is 2.95. The fourth-order valence-electron chi connectivity index (χ4n) is 1.61. The number of hydrogen-bond acceptors (Lipinski definition) is 3. The van der Waals surface area contributed by atoms with Crippen LogP contribution in [0, 0.1) is 0 Å². The number of rotatable bonds is 9. The summed E-state index contributed by atoms with van der Waals surface area (Å²) in [6, 6.07) is 0. The van der Waals surface area contributed by atoms with Crippen molar-refractivity contribution in [2.45, 2.75) is 54.1 Å². The minimum Gasteiger partial charge on any atom is -0.344 e. The van der Waals surface area contributed by atoms with Crippen molar-refractivity contribution in [2.75, 3.05) is 5.75 Å². The highest BCUT2D eigenvalue weighted by atomic mass is 32.2. The zero-order valence-corrected chi connectivity index (χ0v) is 15.0. The Labute approximate surface area is 165 Å². The second-order valence-electron chi connectivity index (χ2n) is 5.68. The summed E-state index contributed by atoms with van der Waals surface area (Å²) in [5, 5.41) is 0. The van der Waals surface area contributed by atoms with Crippen LogP contribution in [0.5, 0.6) is 0 Å². The topological polar surface area (TPSA) is 89.4 Å². The predicted molar refractivity (Wildman–Crippen MR) is 66.7 cm³/mol. The molecule has 0 unspecified atom stereocenters. The van der Waals surface area contributed by atoms with Crippen LogP contribution in [-0.4, -0.2) is 66.4 Å². The van der Waals surface area contributed by atoms with E-state index in [9.17, 15) is 83.1 Å². The molecule has 0 amide bonds. The first kappa shape index (κ1) is 32.9. The molecule has 0 heterocycles. The summed E-state index contributed by atoms with van der Waals surface area (Å²) in [4.78, 5) is 0. The second-order valence-corrected chi connectivity index (χ2v) is 7.26. The van der Waals surface area contributed by atoms with Gasteiger partial charge in [-0.05, 0) is 0 Å². The minimum atomic E-state index is -8.74. The molecule has 0 aromatic rings. The van der Waals surface area contributed by atoms with Gasteiger partial charge in [-0.15, -0.1) is 0 Å². The SMILES string of the molecule is N.O=S(=O)(O)CCC(F)(F)C(F)(F)C(F)(F)C(F)(F)C(F)(F)C(F)(F)C(F)(F)C(F)(F)F. The van der Waals surface area contributed by atoms with Crippen LogP contribution in [0.4, 0.5) is 74.6 Å². The summed E-state index contributed by atoms with van der Waals surface area (Å²) in [5.74, 6) is -60.2. The fourth-order valence-corrected chi connectivity index (χ4v) is 2.12. The van der Waals surface area contributed by atoms with Crippen LogP contribution in [-0.2, 0) is 10.1 Å². The first-order chi connectivity index (χ1) is 13.0. The Bertz CT molecular complexity index is 772. The van der Waals surface area contributed by atoms with Crippen LogP contribution in [0.3, 0.4) is 0 Å². The molecule has 0 bridgehead atoms. The third-order valence-electron chi connectivity index (χ3n) is 3.46. The van der Waals surface area contributed by atoms with Crippen LogP contribution in [0.25, 0.3) is 0 Å². The molecule has 0 atom stereocenters. The lowest BCUT2D eigenvalue weighted by Gasteiger charge is -2.42. The maximum Gasteiger partial charge on any atom is 0.460 e. The highest BCUT2D eigenvalue weighted by molar-refractivity contribution is 7.85. The quantitative estimate of drug-likeness (QED) is 0.299. The molecule has 0 fully saturated rings. The van der Waals surface area contributed by atoms with Gasteiger partial charge in [0.15, 0.2) is 0 Å². The first-order valence-corrected chi connectivity index (χ1v) is 8.23. The molecule has 0 rings (SSSR count). The monoisotopic (exact) mass is 545 g/mol. The molecule has 0 saturated heterocycles. The van der Waals surface area contributed by atoms with Gasteiger partial charge in [-0.1, -0.05) is 0 Å². The molecule has 0 aliphatic heterocycles. The van der Waals surface area contributed by atoms with Gasteiger partial charge < -0.3 is 6.15 Å². The smallest absolute Gasteiger partial charge is 0.344 e. The van der Waals surface area contributed by atoms with Crippen molar-refractivity contribution in [1.29, 1.82) is 0 Å². The molecule has 0 aliphatic carbocycles. The third kappa shape index (κ3) is 4.66. The Kier molecular flexibility index (Phi) is 8.38. The van der Waals surface area contributed by atoms with E-state index in [1.807, 2.05) is 0 Å². The van der Waals surface area contributed by atoms with E-state index in [2.05, 4.69) is 0 Å². The van der Waals surface area contributed by atoms with Crippen LogP contribution in [0.15, 0.2) is 0 Å². The Balaban J connectivity index is 0. The standard InChI is InChI=1S/C10H5F17O3S.H3N/c11-3(12,1-2-31(28,29)30)4(13,14)5(15,16)6(17,18)7(19,20)8(21,22)9(23,24)10(25,26)27;/h1-2H2,(H,28,29,30);1H3. The van der Waals surface area contributed by atoms with Gasteiger partial charge in [-0.3, -0.25) is 4.55 Å². The van der Waals surface area contributed by atoms with Crippen molar-refractivity contribution in [1.82, 2.24) is 6.15 Å². The van der Waals surface area contributed by atoms with E-state index in [0.717, 1.165) is 0 Å². The molecule has 0 spiro atoms. The summed E-state index contributed by atoms with van der Waals surface area (Å²) in [7, 11) is -5.72. The lowest BCUT2D eigenvalue weighted by molar-refractivity contribution is -0.461. The number of halogens is 17. The summed E-state index contributed by atoms with van der Waals surface area (Å²) in [6.07, 6.45) is -11.1. The molecule has 0 aromatic carbocycles. The van der Waals surface area contributed by atoms with Crippen molar-refractivity contribution in [2.24, 2.45) is 0 Å². The van der Waals surface area contributed by atoms with E-state index in [-0.39, 0.29) is 6.15 Å². The van der Waals surface area contributed by atoms with Crippen molar-refractivity contribution >= 4 is 10.1 Å². The maximum atomic E-state index is 13.3. The molecule has 0 aliphatic rings. The maximum absolute atomic E-state index is 13.3. The van der Waals surface area contributed by atoms with E-state index in [1.165, 1.54) is 0 Å². The molecular weight excluding hydrogens is 537 g/mol. The first-order valence-electron chi connectivity index (χ1n) is 6.62. The number of hydrogen-bond donors (Lipinski definition) is 2. The molecule has 0 radical (unpaired) electrons. The zero-order valence-electron chi connectivity index (χ0n) is 14.2. The molecule has 0 aromatic heterocycles. The van der Waals surface area contributed by atoms with E-state index < -0.39 is 69.9 Å². The van der Waals surface area contributed by atoms with Gasteiger partial charge in [-0.25, -0.2) is 0 Å². The van der Waals surface area contributed by atoms with E-state index >= 15 is 0 Å². The average Bonchev–Trinajstić information content (AvgIpc) is 2.50. The Morgan fingerprint density at radius 2 is 0.750 bits per heavy atom. The van der Waals surface area contributed by atoms with E-state index in [4.69, 9.17) is 4.55 Å². The molecule has 196 valence electrons. The van der Waals surface area contributed by atoms with Crippen LogP contribution < -0.4 is 6.15 Å². The van der Waals surface area contributed by atoms with E-state index in [0.29, 0.717) is 0 Å². The van der Waals surface area contributed by atoms with Crippen LogP contribution >= 0.6 is 0 Å². The van der Waals surface area contributed by atoms with Crippen molar-refractivity contribution in [3.63, 3.8) is 0 Å². The minimum absolute atomic E-state index is 0. The lowest BCUT2D eigenvalue weighted by atomic mass is 9.88. The van der Waals surface area contributed by atoms with Crippen LogP contribution in [0.1, 0.15) is 6.42 Å². The highest BCUT2D eigenvalue weighted by Crippen LogP contribution is 2.64. The fraction of sp³-hybridized carbons (Fsp3) is 1.00. The van der Waals surface area contributed by atoms with Gasteiger partial charge in [0.2, 0.25) is 0 Å². The van der Waals surface area contributed by atoms with Gasteiger partial charge >= 0.3 is 47.6 Å². The molecule has 4 N–H and O–H groups in total. The summed E-state index contributed by atoms with van der Waals surface area (Å²) < 4.78 is 247. The molecular formula is C10H8F17NO3S. The predicted octanol–water partition coefficient (Wildman–Crippen LogP) is 5.44. The van der Waals surface area contributed by atoms with Gasteiger partial charge in [-0.2, -0.15) is 83.1 Å². The zero-order chi connectivity index (χ0) is 25.9. The number of alkyl halides is 17.